The largest absolute Gasteiger partial charge is 0.291 e. The second kappa shape index (κ2) is 10.4. The lowest BCUT2D eigenvalue weighted by Crippen LogP contribution is -2.52. The number of allylic oxidation sites excluding steroid dienone is 1. The maximum atomic E-state index is 14.4. The monoisotopic (exact) mass is 590 g/mol. The van der Waals surface area contributed by atoms with Crippen LogP contribution in [0.4, 0.5) is 8.78 Å². The predicted molar refractivity (Wildman–Crippen MR) is 158 cm³/mol. The third kappa shape index (κ3) is 4.70. The molecule has 42 heavy (non-hydrogen) atoms. The minimum absolute atomic E-state index is 0.0482. The maximum Gasteiger partial charge on any atom is 0.191 e. The Balaban J connectivity index is 1.46. The second-order valence-corrected chi connectivity index (χ2v) is 13.5. The summed E-state index contributed by atoms with van der Waals surface area (Å²) in [6.45, 7) is 3.93. The minimum atomic E-state index is -2.99. The summed E-state index contributed by atoms with van der Waals surface area (Å²) in [6, 6.07) is 9.74. The maximum absolute atomic E-state index is 14.4. The Morgan fingerprint density at radius 2 is 1.93 bits per heavy atom. The van der Waals surface area contributed by atoms with Crippen LogP contribution in [0, 0.1) is 17.0 Å². The van der Waals surface area contributed by atoms with Crippen molar-refractivity contribution in [2.45, 2.75) is 56.6 Å². The Morgan fingerprint density at radius 1 is 1.17 bits per heavy atom. The van der Waals surface area contributed by atoms with Crippen LogP contribution in [0.25, 0.3) is 11.8 Å². The van der Waals surface area contributed by atoms with Crippen molar-refractivity contribution in [3.8, 4) is 5.69 Å². The van der Waals surface area contributed by atoms with Gasteiger partial charge in [-0.15, -0.1) is 0 Å². The Bertz CT molecular complexity index is 1810. The average molecular weight is 591 g/mol. The van der Waals surface area contributed by atoms with Gasteiger partial charge in [-0.1, -0.05) is 5.57 Å². The van der Waals surface area contributed by atoms with Gasteiger partial charge in [0.1, 0.15) is 17.3 Å². The Kier molecular flexibility index (Phi) is 6.97. The van der Waals surface area contributed by atoms with E-state index in [2.05, 4.69) is 21.1 Å². The number of carbonyl (C=O) groups is 1. The number of benzene rings is 1. The topological polar surface area (TPSA) is 85.9 Å². The Hall–Kier alpha value is -3.96. The van der Waals surface area contributed by atoms with Gasteiger partial charge < -0.3 is 0 Å². The molecule has 218 valence electrons. The normalized spacial score (nSPS) is 21.5. The van der Waals surface area contributed by atoms with Gasteiger partial charge in [0.05, 0.1) is 32.7 Å². The molecular weight excluding hydrogens is 558 g/mol. The molecule has 3 heterocycles. The zero-order valence-electron chi connectivity index (χ0n) is 23.7. The number of hydrogen-bond acceptors (Lipinski definition) is 5. The lowest BCUT2D eigenvalue weighted by molar-refractivity contribution is 0.0725. The van der Waals surface area contributed by atoms with Gasteiger partial charge in [-0.2, -0.15) is 10.2 Å². The van der Waals surface area contributed by atoms with Gasteiger partial charge in [0.25, 0.3) is 0 Å². The predicted octanol–water partition coefficient (Wildman–Crippen LogP) is 5.04. The quantitative estimate of drug-likeness (QED) is 0.222. The molecular formula is C31H32F2N6O2S. The number of nitrogens with zero attached hydrogens (tertiary/aromatic N) is 6. The van der Waals surface area contributed by atoms with Gasteiger partial charge in [0, 0.05) is 37.6 Å². The fraction of sp³-hybridized carbons (Fsp3) is 0.323. The molecule has 1 unspecified atom stereocenters. The summed E-state index contributed by atoms with van der Waals surface area (Å²) in [6.07, 6.45) is 8.59. The summed E-state index contributed by atoms with van der Waals surface area (Å²) in [4.78, 5) is 18.7. The first kappa shape index (κ1) is 28.2. The van der Waals surface area contributed by atoms with Gasteiger partial charge in [-0.05, 0) is 93.4 Å². The second-order valence-electron chi connectivity index (χ2n) is 11.4. The molecule has 4 aromatic rings. The first-order valence-corrected chi connectivity index (χ1v) is 15.5. The van der Waals surface area contributed by atoms with E-state index in [1.807, 2.05) is 24.2 Å². The van der Waals surface area contributed by atoms with E-state index in [0.29, 0.717) is 36.4 Å². The van der Waals surface area contributed by atoms with Crippen LogP contribution < -0.4 is 0 Å². The standard InChI is InChI=1S/C31H32F2N6O2S/c1-20(2)39(42(4,41)29-12-14-37(3)36-29)26-8-5-22-15-28-21(19-35-38(28)25-9-6-23(32)7-10-25)17-31(22,18-26)30(40)27-16-24(33)11-13-34-27/h6-7,9-16,19-20,26H,4-5,8,17-18H2,1-3H3/t26-,31-,42?/m0/s1. The third-order valence-corrected chi connectivity index (χ3v) is 10.6. The van der Waals surface area contributed by atoms with Crippen LogP contribution in [-0.2, 0) is 23.2 Å². The number of hydrogen-bond donors (Lipinski definition) is 0. The number of carbonyl (C=O) groups excluding carboxylic acids is 1. The van der Waals surface area contributed by atoms with Crippen LogP contribution in [0.2, 0.25) is 0 Å². The van der Waals surface area contributed by atoms with Gasteiger partial charge in [-0.25, -0.2) is 22.0 Å². The number of Topliss-reactive ketones (excluding diaryl/α,β-unsaturated/α-hetero) is 1. The highest BCUT2D eigenvalue weighted by Gasteiger charge is 2.51. The highest BCUT2D eigenvalue weighted by molar-refractivity contribution is 7.98. The fourth-order valence-electron chi connectivity index (χ4n) is 6.54. The molecule has 0 saturated heterocycles. The molecule has 3 atom stereocenters. The summed E-state index contributed by atoms with van der Waals surface area (Å²) in [5, 5.41) is 9.38. The van der Waals surface area contributed by atoms with E-state index in [4.69, 9.17) is 0 Å². The SMILES string of the molecule is C=S(=O)(c1ccn(C)n1)N(C(C)C)[C@H]1CCC2=Cc3c(cnn3-c3ccc(F)cc3)C[C@]2(C(=O)c2cc(F)ccn2)C1. The van der Waals surface area contributed by atoms with E-state index in [-0.39, 0.29) is 29.4 Å². The molecule has 0 aliphatic heterocycles. The van der Waals surface area contributed by atoms with Crippen LogP contribution in [0.3, 0.4) is 0 Å². The van der Waals surface area contributed by atoms with E-state index in [1.54, 1.807) is 47.0 Å². The summed E-state index contributed by atoms with van der Waals surface area (Å²) in [7, 11) is -1.22. The lowest BCUT2D eigenvalue weighted by Gasteiger charge is -2.48. The molecule has 3 aromatic heterocycles. The van der Waals surface area contributed by atoms with E-state index < -0.39 is 20.9 Å². The van der Waals surface area contributed by atoms with Crippen molar-refractivity contribution >= 4 is 27.4 Å². The van der Waals surface area contributed by atoms with Gasteiger partial charge >= 0.3 is 0 Å². The molecule has 0 bridgehead atoms. The van der Waals surface area contributed by atoms with Crippen molar-refractivity contribution in [1.29, 1.82) is 0 Å². The van der Waals surface area contributed by atoms with E-state index >= 15 is 0 Å². The van der Waals surface area contributed by atoms with Crippen LogP contribution >= 0.6 is 0 Å². The fourth-order valence-corrected chi connectivity index (χ4v) is 8.63. The molecule has 6 rings (SSSR count). The van der Waals surface area contributed by atoms with Gasteiger partial charge in [0.15, 0.2) is 10.8 Å². The molecule has 0 amide bonds. The summed E-state index contributed by atoms with van der Waals surface area (Å²) < 4.78 is 47.5. The van der Waals surface area contributed by atoms with Crippen molar-refractivity contribution in [3.63, 3.8) is 0 Å². The van der Waals surface area contributed by atoms with Crippen molar-refractivity contribution in [2.75, 3.05) is 0 Å². The molecule has 2 aliphatic carbocycles. The molecule has 0 N–H and O–H groups in total. The van der Waals surface area contributed by atoms with Crippen LogP contribution in [-0.4, -0.2) is 56.8 Å². The summed E-state index contributed by atoms with van der Waals surface area (Å²) in [5.41, 5.74) is 2.24. The van der Waals surface area contributed by atoms with Crippen LogP contribution in [0.5, 0.6) is 0 Å². The molecule has 11 heteroatoms. The van der Waals surface area contributed by atoms with Gasteiger partial charge in [0.2, 0.25) is 0 Å². The van der Waals surface area contributed by atoms with Crippen molar-refractivity contribution in [1.82, 2.24) is 28.9 Å². The number of halogens is 2. The third-order valence-electron chi connectivity index (χ3n) is 8.32. The average Bonchev–Trinajstić information content (AvgIpc) is 3.57. The number of fused-ring (bicyclic) bond motifs is 2. The molecule has 2 aliphatic rings. The number of aryl methyl sites for hydroxylation is 1. The number of pyridine rings is 1. The highest BCUT2D eigenvalue weighted by Crippen LogP contribution is 2.51. The Morgan fingerprint density at radius 3 is 2.60 bits per heavy atom. The molecule has 0 radical (unpaired) electrons. The zero-order valence-corrected chi connectivity index (χ0v) is 24.5. The lowest BCUT2D eigenvalue weighted by atomic mass is 9.60. The molecule has 1 fully saturated rings. The first-order chi connectivity index (χ1) is 20.0. The van der Waals surface area contributed by atoms with Crippen LogP contribution in [0.15, 0.2) is 71.7 Å². The molecule has 0 spiro atoms. The summed E-state index contributed by atoms with van der Waals surface area (Å²) in [5.74, 6) is 2.98. The molecule has 8 nitrogen and oxygen atoms in total. The van der Waals surface area contributed by atoms with E-state index in [0.717, 1.165) is 16.8 Å². The highest BCUT2D eigenvalue weighted by atomic mass is 32.2. The van der Waals surface area contributed by atoms with Crippen molar-refractivity contribution in [2.24, 2.45) is 12.5 Å². The molecule has 1 saturated carbocycles. The van der Waals surface area contributed by atoms with Crippen molar-refractivity contribution in [3.05, 3.63) is 95.2 Å². The van der Waals surface area contributed by atoms with E-state index in [9.17, 15) is 17.8 Å². The Labute approximate surface area is 243 Å². The number of rotatable bonds is 7. The summed E-state index contributed by atoms with van der Waals surface area (Å²) >= 11 is 0. The van der Waals surface area contributed by atoms with Crippen molar-refractivity contribution < 1.29 is 17.8 Å². The van der Waals surface area contributed by atoms with Crippen LogP contribution in [0.1, 0.15) is 54.9 Å². The number of ketones is 1. The zero-order chi connectivity index (χ0) is 29.8. The minimum Gasteiger partial charge on any atom is -0.291 e. The smallest absolute Gasteiger partial charge is 0.191 e. The molecule has 1 aromatic carbocycles. The van der Waals surface area contributed by atoms with Gasteiger partial charge in [-0.3, -0.25) is 14.5 Å². The first-order valence-electron chi connectivity index (χ1n) is 13.9. The number of aromatic nitrogens is 5. The van der Waals surface area contributed by atoms with E-state index in [1.165, 1.54) is 30.5 Å².